The second kappa shape index (κ2) is 8.53. The molecule has 0 bridgehead atoms. The van der Waals surface area contributed by atoms with Gasteiger partial charge in [-0.2, -0.15) is 5.10 Å². The summed E-state index contributed by atoms with van der Waals surface area (Å²) >= 11 is 5.95. The summed E-state index contributed by atoms with van der Waals surface area (Å²) in [5.41, 5.74) is 1.18. The first-order valence-electron chi connectivity index (χ1n) is 7.00. The van der Waals surface area contributed by atoms with Crippen LogP contribution in [0.25, 0.3) is 5.69 Å². The summed E-state index contributed by atoms with van der Waals surface area (Å²) in [6.07, 6.45) is 1.73. The topological polar surface area (TPSA) is 68.2 Å². The smallest absolute Gasteiger partial charge is 0.271 e. The molecule has 6 nitrogen and oxygen atoms in total. The minimum atomic E-state index is -0.200. The van der Waals surface area contributed by atoms with Crippen LogP contribution in [0, 0.1) is 0 Å². The molecule has 0 atom stereocenters. The molecule has 0 radical (unpaired) electrons. The number of aromatic nitrogens is 2. The zero-order valence-corrected chi connectivity index (χ0v) is 13.1. The number of carbonyl (C=O) groups excluding carboxylic acids is 1. The van der Waals surface area contributed by atoms with Crippen molar-refractivity contribution in [2.75, 3.05) is 33.4 Å². The highest BCUT2D eigenvalue weighted by Crippen LogP contribution is 2.14. The maximum absolute atomic E-state index is 12.0. The van der Waals surface area contributed by atoms with E-state index in [2.05, 4.69) is 15.7 Å². The number of rotatable bonds is 8. The van der Waals surface area contributed by atoms with Crippen LogP contribution in [0.1, 0.15) is 10.5 Å². The third kappa shape index (κ3) is 4.84. The van der Waals surface area contributed by atoms with E-state index in [1.54, 1.807) is 36.2 Å². The Hall–Kier alpha value is -1.89. The van der Waals surface area contributed by atoms with E-state index < -0.39 is 0 Å². The van der Waals surface area contributed by atoms with Crippen molar-refractivity contribution in [2.45, 2.75) is 0 Å². The monoisotopic (exact) mass is 322 g/mol. The fourth-order valence-corrected chi connectivity index (χ4v) is 2.05. The van der Waals surface area contributed by atoms with E-state index in [4.69, 9.17) is 16.3 Å². The van der Waals surface area contributed by atoms with E-state index in [9.17, 15) is 4.79 Å². The van der Waals surface area contributed by atoms with Gasteiger partial charge in [-0.05, 0) is 24.3 Å². The number of ether oxygens (including phenoxy) is 1. The third-order valence-corrected chi connectivity index (χ3v) is 3.20. The zero-order valence-electron chi connectivity index (χ0n) is 12.4. The molecule has 1 aromatic carbocycles. The molecule has 2 aromatic rings. The van der Waals surface area contributed by atoms with Crippen molar-refractivity contribution in [1.82, 2.24) is 20.4 Å². The highest BCUT2D eigenvalue weighted by atomic mass is 35.5. The van der Waals surface area contributed by atoms with Gasteiger partial charge in [0.05, 0.1) is 12.3 Å². The molecule has 0 aliphatic heterocycles. The van der Waals surface area contributed by atoms with Crippen LogP contribution < -0.4 is 10.6 Å². The Bertz CT molecular complexity index is 615. The summed E-state index contributed by atoms with van der Waals surface area (Å²) in [6, 6.07) is 8.97. The summed E-state index contributed by atoms with van der Waals surface area (Å²) in [7, 11) is 1.65. The Morgan fingerprint density at radius 1 is 1.32 bits per heavy atom. The van der Waals surface area contributed by atoms with Gasteiger partial charge >= 0.3 is 0 Å². The van der Waals surface area contributed by atoms with Crippen molar-refractivity contribution in [3.8, 4) is 5.69 Å². The molecule has 2 N–H and O–H groups in total. The molecule has 0 aliphatic carbocycles. The lowest BCUT2D eigenvalue weighted by Crippen LogP contribution is -2.33. The summed E-state index contributed by atoms with van der Waals surface area (Å²) in [5.74, 6) is -0.200. The number of hydrogen-bond donors (Lipinski definition) is 2. The number of nitrogens with zero attached hydrogens (tertiary/aromatic N) is 2. The number of nitrogens with one attached hydrogen (secondary N) is 2. The van der Waals surface area contributed by atoms with Gasteiger partial charge in [0.15, 0.2) is 5.69 Å². The van der Waals surface area contributed by atoms with Gasteiger partial charge in [-0.25, -0.2) is 4.68 Å². The SMILES string of the molecule is COCCNCCNC(=O)c1ccn(-c2cccc(Cl)c2)n1. The average Bonchev–Trinajstić information content (AvgIpc) is 3.00. The van der Waals surface area contributed by atoms with Crippen LogP contribution in [0.2, 0.25) is 5.02 Å². The fourth-order valence-electron chi connectivity index (χ4n) is 1.86. The third-order valence-electron chi connectivity index (χ3n) is 2.96. The second-order valence-electron chi connectivity index (χ2n) is 4.62. The molecule has 0 unspecified atom stereocenters. The summed E-state index contributed by atoms with van der Waals surface area (Å²) in [6.45, 7) is 2.63. The van der Waals surface area contributed by atoms with Crippen LogP contribution >= 0.6 is 11.6 Å². The predicted octanol–water partition coefficient (Wildman–Crippen LogP) is 1.49. The first-order chi connectivity index (χ1) is 10.7. The molecule has 0 saturated heterocycles. The van der Waals surface area contributed by atoms with Crippen LogP contribution in [0.5, 0.6) is 0 Å². The molecule has 7 heteroatoms. The van der Waals surface area contributed by atoms with Gasteiger partial charge in [-0.1, -0.05) is 17.7 Å². The minimum absolute atomic E-state index is 0.200. The first-order valence-corrected chi connectivity index (χ1v) is 7.38. The zero-order chi connectivity index (χ0) is 15.8. The van der Waals surface area contributed by atoms with Gasteiger partial charge in [0.1, 0.15) is 0 Å². The molecule has 0 fully saturated rings. The van der Waals surface area contributed by atoms with Gasteiger partial charge in [-0.15, -0.1) is 0 Å². The molecule has 2 rings (SSSR count). The Morgan fingerprint density at radius 3 is 2.95 bits per heavy atom. The molecule has 0 aliphatic rings. The largest absolute Gasteiger partial charge is 0.383 e. The van der Waals surface area contributed by atoms with E-state index >= 15 is 0 Å². The molecule has 118 valence electrons. The average molecular weight is 323 g/mol. The Kier molecular flexibility index (Phi) is 6.39. The van der Waals surface area contributed by atoms with Crippen LogP contribution in [0.3, 0.4) is 0 Å². The molecule has 1 aromatic heterocycles. The van der Waals surface area contributed by atoms with Gasteiger partial charge < -0.3 is 15.4 Å². The Balaban J connectivity index is 1.84. The fraction of sp³-hybridized carbons (Fsp3) is 0.333. The molecule has 22 heavy (non-hydrogen) atoms. The highest BCUT2D eigenvalue weighted by Gasteiger charge is 2.09. The number of hydrogen-bond acceptors (Lipinski definition) is 4. The van der Waals surface area contributed by atoms with E-state index in [0.717, 1.165) is 12.2 Å². The molecule has 1 heterocycles. The van der Waals surface area contributed by atoms with E-state index in [-0.39, 0.29) is 5.91 Å². The van der Waals surface area contributed by atoms with E-state index in [0.29, 0.717) is 30.4 Å². The predicted molar refractivity (Wildman–Crippen MR) is 85.7 cm³/mol. The Morgan fingerprint density at radius 2 is 2.18 bits per heavy atom. The molecule has 0 spiro atoms. The maximum Gasteiger partial charge on any atom is 0.271 e. The number of amides is 1. The first kappa shape index (κ1) is 16.5. The summed E-state index contributed by atoms with van der Waals surface area (Å²) in [4.78, 5) is 12.0. The lowest BCUT2D eigenvalue weighted by atomic mass is 10.3. The normalized spacial score (nSPS) is 10.6. The highest BCUT2D eigenvalue weighted by molar-refractivity contribution is 6.30. The van der Waals surface area contributed by atoms with Crippen molar-refractivity contribution in [3.05, 3.63) is 47.2 Å². The standard InChI is InChI=1S/C15H19ClN4O2/c1-22-10-8-17-6-7-18-15(21)14-5-9-20(19-14)13-4-2-3-12(16)11-13/h2-5,9,11,17H,6-8,10H2,1H3,(H,18,21). The van der Waals surface area contributed by atoms with Gasteiger partial charge in [0.2, 0.25) is 0 Å². The molecular weight excluding hydrogens is 304 g/mol. The second-order valence-corrected chi connectivity index (χ2v) is 5.06. The molecular formula is C15H19ClN4O2. The number of methoxy groups -OCH3 is 1. The van der Waals surface area contributed by atoms with Gasteiger partial charge in [-0.3, -0.25) is 4.79 Å². The van der Waals surface area contributed by atoms with Crippen molar-refractivity contribution in [2.24, 2.45) is 0 Å². The number of halogens is 1. The number of benzene rings is 1. The van der Waals surface area contributed by atoms with Crippen LogP contribution in [-0.4, -0.2) is 49.0 Å². The maximum atomic E-state index is 12.0. The quantitative estimate of drug-likeness (QED) is 0.723. The van der Waals surface area contributed by atoms with Crippen molar-refractivity contribution in [1.29, 1.82) is 0 Å². The summed E-state index contributed by atoms with van der Waals surface area (Å²) < 4.78 is 6.54. The van der Waals surface area contributed by atoms with Gasteiger partial charge in [0.25, 0.3) is 5.91 Å². The van der Waals surface area contributed by atoms with Gasteiger partial charge in [0, 0.05) is 38.0 Å². The van der Waals surface area contributed by atoms with Crippen LogP contribution in [0.15, 0.2) is 36.5 Å². The van der Waals surface area contributed by atoms with Crippen molar-refractivity contribution in [3.63, 3.8) is 0 Å². The van der Waals surface area contributed by atoms with Crippen LogP contribution in [0.4, 0.5) is 0 Å². The lowest BCUT2D eigenvalue weighted by Gasteiger charge is -2.05. The Labute approximate surface area is 134 Å². The van der Waals surface area contributed by atoms with Crippen molar-refractivity contribution < 1.29 is 9.53 Å². The minimum Gasteiger partial charge on any atom is -0.383 e. The van der Waals surface area contributed by atoms with E-state index in [1.807, 2.05) is 12.1 Å². The lowest BCUT2D eigenvalue weighted by molar-refractivity contribution is 0.0948. The molecule has 1 amide bonds. The van der Waals surface area contributed by atoms with Crippen LogP contribution in [-0.2, 0) is 4.74 Å². The van der Waals surface area contributed by atoms with Crippen molar-refractivity contribution >= 4 is 17.5 Å². The van der Waals surface area contributed by atoms with E-state index in [1.165, 1.54) is 0 Å². The number of carbonyl (C=O) groups is 1. The molecule has 0 saturated carbocycles. The summed E-state index contributed by atoms with van der Waals surface area (Å²) in [5, 5.41) is 10.8.